The summed E-state index contributed by atoms with van der Waals surface area (Å²) in [6.45, 7) is 3.77. The number of urea groups is 1. The van der Waals surface area contributed by atoms with Gasteiger partial charge >= 0.3 is 12.0 Å². The van der Waals surface area contributed by atoms with Gasteiger partial charge in [0, 0.05) is 5.54 Å². The molecule has 0 bridgehead atoms. The fourth-order valence-electron chi connectivity index (χ4n) is 1.80. The molecule has 0 aliphatic heterocycles. The number of carboxylic acid groups (broad SMARTS) is 1. The first-order chi connectivity index (χ1) is 8.22. The minimum atomic E-state index is -1.29. The lowest BCUT2D eigenvalue weighted by atomic mass is 9.99. The highest BCUT2D eigenvalue weighted by Crippen LogP contribution is 2.39. The van der Waals surface area contributed by atoms with E-state index in [0.717, 1.165) is 12.8 Å². The molecule has 7 heteroatoms. The first-order valence-electron chi connectivity index (χ1n) is 5.82. The van der Waals surface area contributed by atoms with Gasteiger partial charge < -0.3 is 21.5 Å². The van der Waals surface area contributed by atoms with Gasteiger partial charge in [0.1, 0.15) is 6.04 Å². The molecule has 1 saturated carbocycles. The van der Waals surface area contributed by atoms with Crippen LogP contribution in [0.15, 0.2) is 0 Å². The molecular formula is C11H19N3O4. The average molecular weight is 257 g/mol. The summed E-state index contributed by atoms with van der Waals surface area (Å²) in [6, 6.07) is -1.89. The molecule has 1 rings (SSSR count). The van der Waals surface area contributed by atoms with Crippen LogP contribution in [0.1, 0.15) is 33.1 Å². The normalized spacial score (nSPS) is 16.8. The van der Waals surface area contributed by atoms with Crippen LogP contribution in [0.2, 0.25) is 0 Å². The Kier molecular flexibility index (Phi) is 4.15. The van der Waals surface area contributed by atoms with Crippen molar-refractivity contribution in [1.82, 2.24) is 10.6 Å². The van der Waals surface area contributed by atoms with Crippen LogP contribution in [-0.2, 0) is 9.59 Å². The number of nitrogens with one attached hydrogen (secondary N) is 2. The molecule has 0 unspecified atom stereocenters. The van der Waals surface area contributed by atoms with E-state index in [1.54, 1.807) is 0 Å². The van der Waals surface area contributed by atoms with E-state index in [1.807, 2.05) is 13.8 Å². The SMILES string of the molecule is CC(C)(NC(=O)N[C@@H](CC(N)=O)C(=O)O)C1CC1. The number of aliphatic carboxylic acids is 1. The number of rotatable bonds is 6. The first kappa shape index (κ1) is 14.3. The fraction of sp³-hybridized carbons (Fsp3) is 0.727. The van der Waals surface area contributed by atoms with Gasteiger partial charge in [-0.25, -0.2) is 9.59 Å². The number of carbonyl (C=O) groups is 3. The van der Waals surface area contributed by atoms with Gasteiger partial charge in [0.2, 0.25) is 5.91 Å². The van der Waals surface area contributed by atoms with Gasteiger partial charge in [0.05, 0.1) is 6.42 Å². The molecule has 5 N–H and O–H groups in total. The molecule has 0 saturated heterocycles. The van der Waals surface area contributed by atoms with E-state index in [0.29, 0.717) is 5.92 Å². The van der Waals surface area contributed by atoms with Gasteiger partial charge in [-0.05, 0) is 32.6 Å². The highest BCUT2D eigenvalue weighted by atomic mass is 16.4. The van der Waals surface area contributed by atoms with Crippen LogP contribution in [0.25, 0.3) is 0 Å². The number of primary amides is 1. The van der Waals surface area contributed by atoms with Gasteiger partial charge in [-0.1, -0.05) is 0 Å². The Morgan fingerprint density at radius 2 is 1.94 bits per heavy atom. The van der Waals surface area contributed by atoms with Crippen molar-refractivity contribution in [2.24, 2.45) is 11.7 Å². The van der Waals surface area contributed by atoms with E-state index >= 15 is 0 Å². The summed E-state index contributed by atoms with van der Waals surface area (Å²) in [5, 5.41) is 13.8. The number of carbonyl (C=O) groups excluding carboxylic acids is 2. The van der Waals surface area contributed by atoms with Gasteiger partial charge in [-0.2, -0.15) is 0 Å². The van der Waals surface area contributed by atoms with E-state index in [1.165, 1.54) is 0 Å². The Balaban J connectivity index is 2.50. The number of nitrogens with two attached hydrogens (primary N) is 1. The summed E-state index contributed by atoms with van der Waals surface area (Å²) in [7, 11) is 0. The van der Waals surface area contributed by atoms with E-state index in [-0.39, 0.29) is 5.54 Å². The van der Waals surface area contributed by atoms with Crippen molar-refractivity contribution in [3.63, 3.8) is 0 Å². The smallest absolute Gasteiger partial charge is 0.326 e. The summed E-state index contributed by atoms with van der Waals surface area (Å²) in [5.74, 6) is -1.64. The molecule has 1 aliphatic carbocycles. The molecule has 1 atom stereocenters. The Bertz CT molecular complexity index is 363. The quantitative estimate of drug-likeness (QED) is 0.526. The zero-order valence-corrected chi connectivity index (χ0v) is 10.5. The van der Waals surface area contributed by atoms with E-state index < -0.39 is 30.4 Å². The van der Waals surface area contributed by atoms with Crippen molar-refractivity contribution in [2.75, 3.05) is 0 Å². The average Bonchev–Trinajstić information content (AvgIpc) is 2.97. The summed E-state index contributed by atoms with van der Waals surface area (Å²) in [4.78, 5) is 33.2. The molecule has 18 heavy (non-hydrogen) atoms. The molecule has 0 aromatic carbocycles. The maximum Gasteiger partial charge on any atom is 0.326 e. The lowest BCUT2D eigenvalue weighted by Crippen LogP contribution is -2.54. The number of carboxylic acids is 1. The van der Waals surface area contributed by atoms with Crippen molar-refractivity contribution < 1.29 is 19.5 Å². The second-order valence-electron chi connectivity index (χ2n) is 5.16. The van der Waals surface area contributed by atoms with Gasteiger partial charge in [-0.3, -0.25) is 4.79 Å². The number of hydrogen-bond donors (Lipinski definition) is 4. The Morgan fingerprint density at radius 1 is 1.39 bits per heavy atom. The molecule has 3 amide bonds. The van der Waals surface area contributed by atoms with E-state index in [9.17, 15) is 14.4 Å². The highest BCUT2D eigenvalue weighted by molar-refractivity contribution is 5.87. The molecule has 0 aromatic heterocycles. The molecular weight excluding hydrogens is 238 g/mol. The molecule has 1 fully saturated rings. The zero-order valence-electron chi connectivity index (χ0n) is 10.5. The van der Waals surface area contributed by atoms with E-state index in [2.05, 4.69) is 10.6 Å². The third-order valence-corrected chi connectivity index (χ3v) is 3.04. The van der Waals surface area contributed by atoms with Crippen LogP contribution in [0.4, 0.5) is 4.79 Å². The topological polar surface area (TPSA) is 122 Å². The van der Waals surface area contributed by atoms with Crippen molar-refractivity contribution in [3.05, 3.63) is 0 Å². The van der Waals surface area contributed by atoms with Crippen LogP contribution < -0.4 is 16.4 Å². The summed E-state index contributed by atoms with van der Waals surface area (Å²) in [6.07, 6.45) is 1.68. The second-order valence-corrected chi connectivity index (χ2v) is 5.16. The zero-order chi connectivity index (χ0) is 13.9. The maximum atomic E-state index is 11.6. The number of amides is 3. The van der Waals surface area contributed by atoms with Crippen LogP contribution in [0, 0.1) is 5.92 Å². The van der Waals surface area contributed by atoms with Crippen LogP contribution in [0.3, 0.4) is 0 Å². The number of hydrogen-bond acceptors (Lipinski definition) is 3. The standard InChI is InChI=1S/C11H19N3O4/c1-11(2,6-3-4-6)14-10(18)13-7(9(16)17)5-8(12)15/h6-7H,3-5H2,1-2H3,(H2,12,15)(H,16,17)(H2,13,14,18)/t7-/m0/s1. The third kappa shape index (κ3) is 4.23. The van der Waals surface area contributed by atoms with Gasteiger partial charge in [0.25, 0.3) is 0 Å². The maximum absolute atomic E-state index is 11.6. The molecule has 1 aliphatic rings. The fourth-order valence-corrected chi connectivity index (χ4v) is 1.80. The molecule has 0 spiro atoms. The van der Waals surface area contributed by atoms with Crippen molar-refractivity contribution >= 4 is 17.9 Å². The van der Waals surface area contributed by atoms with Crippen LogP contribution >= 0.6 is 0 Å². The monoisotopic (exact) mass is 257 g/mol. The van der Waals surface area contributed by atoms with Gasteiger partial charge in [0.15, 0.2) is 0 Å². The van der Waals surface area contributed by atoms with Crippen LogP contribution in [-0.4, -0.2) is 34.6 Å². The second kappa shape index (κ2) is 5.24. The predicted octanol–water partition coefficient (Wildman–Crippen LogP) is -0.197. The highest BCUT2D eigenvalue weighted by Gasteiger charge is 2.39. The lowest BCUT2D eigenvalue weighted by Gasteiger charge is -2.27. The van der Waals surface area contributed by atoms with Crippen molar-refractivity contribution in [3.8, 4) is 0 Å². The largest absolute Gasteiger partial charge is 0.480 e. The van der Waals surface area contributed by atoms with Gasteiger partial charge in [-0.15, -0.1) is 0 Å². The lowest BCUT2D eigenvalue weighted by molar-refractivity contribution is -0.140. The Labute approximate surface area is 105 Å². The first-order valence-corrected chi connectivity index (χ1v) is 5.82. The molecule has 0 radical (unpaired) electrons. The van der Waals surface area contributed by atoms with Crippen LogP contribution in [0.5, 0.6) is 0 Å². The minimum Gasteiger partial charge on any atom is -0.480 e. The van der Waals surface area contributed by atoms with Crippen molar-refractivity contribution in [2.45, 2.75) is 44.7 Å². The Hall–Kier alpha value is -1.79. The summed E-state index contributed by atoms with van der Waals surface area (Å²) in [5.41, 5.74) is 4.54. The summed E-state index contributed by atoms with van der Waals surface area (Å²) >= 11 is 0. The Morgan fingerprint density at radius 3 is 2.33 bits per heavy atom. The molecule has 0 aromatic rings. The van der Waals surface area contributed by atoms with E-state index in [4.69, 9.17) is 10.8 Å². The predicted molar refractivity (Wildman–Crippen MR) is 63.7 cm³/mol. The third-order valence-electron chi connectivity index (χ3n) is 3.04. The molecule has 7 nitrogen and oxygen atoms in total. The summed E-state index contributed by atoms with van der Waals surface area (Å²) < 4.78 is 0. The molecule has 0 heterocycles. The molecule has 102 valence electrons. The van der Waals surface area contributed by atoms with Crippen molar-refractivity contribution in [1.29, 1.82) is 0 Å². The minimum absolute atomic E-state index is 0.375.